The van der Waals surface area contributed by atoms with Crippen molar-refractivity contribution in [1.82, 2.24) is 21.3 Å². The Morgan fingerprint density at radius 1 is 0.760 bits per heavy atom. The summed E-state index contributed by atoms with van der Waals surface area (Å²) < 4.78 is 5.67. The van der Waals surface area contributed by atoms with Crippen LogP contribution in [0.4, 0.5) is 9.59 Å². The van der Waals surface area contributed by atoms with Crippen LogP contribution >= 0.6 is 0 Å². The van der Waals surface area contributed by atoms with Gasteiger partial charge in [0.2, 0.25) is 17.7 Å². The molecule has 128 valence electrons. The van der Waals surface area contributed by atoms with E-state index in [1.807, 2.05) is 10.6 Å². The van der Waals surface area contributed by atoms with Crippen molar-refractivity contribution in [3.63, 3.8) is 0 Å². The topological polar surface area (TPSA) is 143 Å². The number of amides is 7. The first-order chi connectivity index (χ1) is 12.0. The predicted molar refractivity (Wildman–Crippen MR) is 78.9 cm³/mol. The molecular formula is C15H12N4O6. The molecule has 4 rings (SSSR count). The van der Waals surface area contributed by atoms with Crippen LogP contribution in [0, 0.1) is 11.8 Å². The quantitative estimate of drug-likeness (QED) is 0.478. The van der Waals surface area contributed by atoms with Gasteiger partial charge in [-0.2, -0.15) is 0 Å². The summed E-state index contributed by atoms with van der Waals surface area (Å²) in [5.74, 6) is -5.17. The molecule has 3 atom stereocenters. The van der Waals surface area contributed by atoms with Crippen molar-refractivity contribution >= 4 is 29.8 Å². The lowest BCUT2D eigenvalue weighted by Gasteiger charge is -2.43. The first-order valence-corrected chi connectivity index (χ1v) is 7.48. The Bertz CT molecular complexity index is 817. The van der Waals surface area contributed by atoms with E-state index >= 15 is 0 Å². The molecule has 2 fully saturated rings. The Morgan fingerprint density at radius 2 is 1.40 bits per heavy atom. The molecule has 10 nitrogen and oxygen atoms in total. The van der Waals surface area contributed by atoms with E-state index in [0.29, 0.717) is 11.3 Å². The van der Waals surface area contributed by atoms with E-state index in [1.165, 1.54) is 0 Å². The molecule has 3 aliphatic rings. The van der Waals surface area contributed by atoms with Gasteiger partial charge in [-0.3, -0.25) is 30.3 Å². The van der Waals surface area contributed by atoms with E-state index in [4.69, 9.17) is 4.74 Å². The number of ether oxygens (including phenoxy) is 1. The number of barbiturate groups is 1. The van der Waals surface area contributed by atoms with E-state index in [9.17, 15) is 24.0 Å². The highest BCUT2D eigenvalue weighted by atomic mass is 16.5. The maximum atomic E-state index is 12.4. The Kier molecular flexibility index (Phi) is 3.20. The summed E-state index contributed by atoms with van der Waals surface area (Å²) in [6.45, 7) is 0. The van der Waals surface area contributed by atoms with Crippen molar-refractivity contribution in [2.45, 2.75) is 12.1 Å². The van der Waals surface area contributed by atoms with Crippen LogP contribution in [0.2, 0.25) is 0 Å². The molecule has 10 heteroatoms. The van der Waals surface area contributed by atoms with Gasteiger partial charge in [0.05, 0.1) is 0 Å². The molecule has 0 aromatic heterocycles. The SMILES string of the molecule is O=C1NC(=O)C([C@@H]2c3ccccc3O[C@@H]3NC(=O)NC(=O)[C@H]32)C(=O)N1. The highest BCUT2D eigenvalue weighted by Gasteiger charge is 2.54. The standard InChI is InChI=1S/C15H12N4O6/c20-10-8(11(21)17-14(23)16-10)7-5-3-1-2-4-6(5)25-13-9(7)12(22)18-15(24)19-13/h1-4,7-9,13H,(H2,18,19,22,24)(H2,16,17,20,21,23)/t7-,9+,13-/m0/s1. The summed E-state index contributed by atoms with van der Waals surface area (Å²) in [6.07, 6.45) is -1.03. The minimum atomic E-state index is -1.32. The average Bonchev–Trinajstić information content (AvgIpc) is 2.52. The van der Waals surface area contributed by atoms with E-state index in [2.05, 4.69) is 10.6 Å². The van der Waals surface area contributed by atoms with E-state index < -0.39 is 53.8 Å². The van der Waals surface area contributed by atoms with Crippen molar-refractivity contribution in [1.29, 1.82) is 0 Å². The number of rotatable bonds is 1. The minimum Gasteiger partial charge on any atom is -0.469 e. The van der Waals surface area contributed by atoms with E-state index in [-0.39, 0.29) is 0 Å². The number of para-hydroxylation sites is 1. The summed E-state index contributed by atoms with van der Waals surface area (Å²) >= 11 is 0. The number of imide groups is 3. The van der Waals surface area contributed by atoms with Crippen molar-refractivity contribution < 1.29 is 28.7 Å². The molecule has 0 spiro atoms. The zero-order valence-corrected chi connectivity index (χ0v) is 12.6. The maximum absolute atomic E-state index is 12.4. The van der Waals surface area contributed by atoms with Crippen LogP contribution in [0.15, 0.2) is 24.3 Å². The van der Waals surface area contributed by atoms with Gasteiger partial charge in [0.1, 0.15) is 17.6 Å². The number of nitrogens with one attached hydrogen (secondary N) is 4. The fourth-order valence-electron chi connectivity index (χ4n) is 3.48. The molecule has 0 unspecified atom stereocenters. The van der Waals surface area contributed by atoms with Crippen LogP contribution in [-0.4, -0.2) is 36.0 Å². The molecule has 1 aromatic carbocycles. The number of carbonyl (C=O) groups is 5. The molecule has 1 aromatic rings. The van der Waals surface area contributed by atoms with Gasteiger partial charge in [0.15, 0.2) is 6.23 Å². The zero-order valence-electron chi connectivity index (χ0n) is 12.6. The Labute approximate surface area is 140 Å². The third-order valence-corrected chi connectivity index (χ3v) is 4.46. The number of fused-ring (bicyclic) bond motifs is 2. The van der Waals surface area contributed by atoms with Crippen LogP contribution in [-0.2, 0) is 14.4 Å². The van der Waals surface area contributed by atoms with Gasteiger partial charge in [-0.1, -0.05) is 18.2 Å². The lowest BCUT2D eigenvalue weighted by molar-refractivity contribution is -0.141. The second-order valence-electron chi connectivity index (χ2n) is 5.88. The zero-order chi connectivity index (χ0) is 17.7. The van der Waals surface area contributed by atoms with Crippen molar-refractivity contribution in [2.24, 2.45) is 11.8 Å². The van der Waals surface area contributed by atoms with Gasteiger partial charge in [-0.15, -0.1) is 0 Å². The number of carbonyl (C=O) groups excluding carboxylic acids is 5. The Hall–Kier alpha value is -3.43. The summed E-state index contributed by atoms with van der Waals surface area (Å²) in [5, 5.41) is 8.67. The molecule has 0 radical (unpaired) electrons. The number of hydrogen-bond acceptors (Lipinski definition) is 6. The van der Waals surface area contributed by atoms with Crippen LogP contribution in [0.25, 0.3) is 0 Å². The average molecular weight is 344 g/mol. The Morgan fingerprint density at radius 3 is 2.12 bits per heavy atom. The summed E-state index contributed by atoms with van der Waals surface area (Å²) in [4.78, 5) is 59.9. The highest BCUT2D eigenvalue weighted by Crippen LogP contribution is 2.45. The van der Waals surface area contributed by atoms with Crippen LogP contribution in [0.1, 0.15) is 11.5 Å². The van der Waals surface area contributed by atoms with Gasteiger partial charge >= 0.3 is 12.1 Å². The monoisotopic (exact) mass is 344 g/mol. The number of urea groups is 2. The van der Waals surface area contributed by atoms with Crippen LogP contribution in [0.3, 0.4) is 0 Å². The van der Waals surface area contributed by atoms with E-state index in [1.54, 1.807) is 24.3 Å². The van der Waals surface area contributed by atoms with Gasteiger partial charge in [0.25, 0.3) is 0 Å². The minimum absolute atomic E-state index is 0.348. The summed E-state index contributed by atoms with van der Waals surface area (Å²) in [6, 6.07) is 4.98. The lowest BCUT2D eigenvalue weighted by Crippen LogP contribution is -2.66. The summed E-state index contributed by atoms with van der Waals surface area (Å²) in [5.41, 5.74) is 0.472. The molecule has 0 saturated carbocycles. The first kappa shape index (κ1) is 15.1. The Balaban J connectivity index is 1.84. The molecule has 0 bridgehead atoms. The third kappa shape index (κ3) is 2.30. The predicted octanol–water partition coefficient (Wildman–Crippen LogP) is -1.07. The summed E-state index contributed by atoms with van der Waals surface area (Å²) in [7, 11) is 0. The molecule has 4 N–H and O–H groups in total. The lowest BCUT2D eigenvalue weighted by atomic mass is 9.72. The molecule has 7 amide bonds. The van der Waals surface area contributed by atoms with Gasteiger partial charge < -0.3 is 10.1 Å². The molecule has 0 aliphatic carbocycles. The van der Waals surface area contributed by atoms with Crippen LogP contribution < -0.4 is 26.0 Å². The first-order valence-electron chi connectivity index (χ1n) is 7.48. The van der Waals surface area contributed by atoms with Crippen LogP contribution in [0.5, 0.6) is 5.75 Å². The van der Waals surface area contributed by atoms with Crippen molar-refractivity contribution in [3.05, 3.63) is 29.8 Å². The van der Waals surface area contributed by atoms with Crippen molar-refractivity contribution in [2.75, 3.05) is 0 Å². The normalized spacial score (nSPS) is 28.6. The highest BCUT2D eigenvalue weighted by molar-refractivity contribution is 6.17. The molecule has 2 saturated heterocycles. The smallest absolute Gasteiger partial charge is 0.328 e. The molecule has 25 heavy (non-hydrogen) atoms. The molecule has 3 aliphatic heterocycles. The number of benzene rings is 1. The maximum Gasteiger partial charge on any atom is 0.328 e. The van der Waals surface area contributed by atoms with E-state index in [0.717, 1.165) is 0 Å². The second kappa shape index (κ2) is 5.30. The molecular weight excluding hydrogens is 332 g/mol. The van der Waals surface area contributed by atoms with Gasteiger partial charge in [0, 0.05) is 5.92 Å². The largest absolute Gasteiger partial charge is 0.469 e. The fraction of sp³-hybridized carbons (Fsp3) is 0.267. The van der Waals surface area contributed by atoms with Gasteiger partial charge in [-0.05, 0) is 11.6 Å². The third-order valence-electron chi connectivity index (χ3n) is 4.46. The fourth-order valence-corrected chi connectivity index (χ4v) is 3.48. The second-order valence-corrected chi connectivity index (χ2v) is 5.88. The number of hydrogen-bond donors (Lipinski definition) is 4. The van der Waals surface area contributed by atoms with Crippen molar-refractivity contribution in [3.8, 4) is 5.75 Å². The van der Waals surface area contributed by atoms with Gasteiger partial charge in [-0.25, -0.2) is 9.59 Å². The molecule has 3 heterocycles.